The van der Waals surface area contributed by atoms with E-state index in [9.17, 15) is 19.8 Å². The van der Waals surface area contributed by atoms with Gasteiger partial charge in [-0.15, -0.1) is 0 Å². The van der Waals surface area contributed by atoms with Crippen molar-refractivity contribution in [3.63, 3.8) is 0 Å². The summed E-state index contributed by atoms with van der Waals surface area (Å²) in [7, 11) is 0. The molecule has 0 bridgehead atoms. The standard InChI is InChI=1S/C24H46O4/c1-5-9-10-11-12-13-14-15-16-17-18-20-23(7-3,8-4)24(19-6-2,21(25)26)22(27)28/h5-20H2,1-4H3,(H,25,26)(H,27,28). The highest BCUT2D eigenvalue weighted by Crippen LogP contribution is 2.52. The van der Waals surface area contributed by atoms with Gasteiger partial charge in [-0.2, -0.15) is 0 Å². The zero-order valence-corrected chi connectivity index (χ0v) is 19.0. The van der Waals surface area contributed by atoms with Crippen molar-refractivity contribution in [3.8, 4) is 0 Å². The van der Waals surface area contributed by atoms with E-state index in [1.54, 1.807) is 0 Å². The summed E-state index contributed by atoms with van der Waals surface area (Å²) in [4.78, 5) is 24.3. The van der Waals surface area contributed by atoms with Crippen molar-refractivity contribution < 1.29 is 19.8 Å². The van der Waals surface area contributed by atoms with Gasteiger partial charge < -0.3 is 10.2 Å². The van der Waals surface area contributed by atoms with E-state index in [1.807, 2.05) is 20.8 Å². The maximum absolute atomic E-state index is 12.1. The van der Waals surface area contributed by atoms with Crippen molar-refractivity contribution in [1.29, 1.82) is 0 Å². The molecule has 4 nitrogen and oxygen atoms in total. The van der Waals surface area contributed by atoms with Crippen LogP contribution in [0.5, 0.6) is 0 Å². The monoisotopic (exact) mass is 398 g/mol. The van der Waals surface area contributed by atoms with Gasteiger partial charge in [0.25, 0.3) is 0 Å². The van der Waals surface area contributed by atoms with Crippen LogP contribution in [-0.4, -0.2) is 22.2 Å². The molecule has 0 rings (SSSR count). The van der Waals surface area contributed by atoms with Crippen molar-refractivity contribution in [2.24, 2.45) is 10.8 Å². The Kier molecular flexibility index (Phi) is 14.3. The fourth-order valence-corrected chi connectivity index (χ4v) is 4.95. The molecule has 0 saturated heterocycles. The van der Waals surface area contributed by atoms with Crippen LogP contribution in [0.25, 0.3) is 0 Å². The third kappa shape index (κ3) is 7.40. The van der Waals surface area contributed by atoms with Crippen LogP contribution >= 0.6 is 0 Å². The molecule has 0 spiro atoms. The fraction of sp³-hybridized carbons (Fsp3) is 0.917. The summed E-state index contributed by atoms with van der Waals surface area (Å²) >= 11 is 0. The number of carboxylic acids is 2. The summed E-state index contributed by atoms with van der Waals surface area (Å²) in [6.07, 6.45) is 16.3. The van der Waals surface area contributed by atoms with E-state index < -0.39 is 22.8 Å². The number of carbonyl (C=O) groups is 2. The van der Waals surface area contributed by atoms with Crippen molar-refractivity contribution in [2.75, 3.05) is 0 Å². The second kappa shape index (κ2) is 14.9. The Labute approximate surface area is 173 Å². The van der Waals surface area contributed by atoms with E-state index in [-0.39, 0.29) is 6.42 Å². The summed E-state index contributed by atoms with van der Waals surface area (Å²) in [6, 6.07) is 0. The Hall–Kier alpha value is -1.06. The molecule has 0 unspecified atom stereocenters. The average Bonchev–Trinajstić information content (AvgIpc) is 2.67. The van der Waals surface area contributed by atoms with E-state index in [4.69, 9.17) is 0 Å². The molecule has 166 valence electrons. The summed E-state index contributed by atoms with van der Waals surface area (Å²) in [6.45, 7) is 8.03. The lowest BCUT2D eigenvalue weighted by molar-refractivity contribution is -0.179. The first-order valence-electron chi connectivity index (χ1n) is 11.8. The number of unbranched alkanes of at least 4 members (excludes halogenated alkanes) is 10. The van der Waals surface area contributed by atoms with Crippen LogP contribution in [0.2, 0.25) is 0 Å². The second-order valence-corrected chi connectivity index (χ2v) is 8.54. The molecule has 0 amide bonds. The number of carboxylic acid groups (broad SMARTS) is 2. The topological polar surface area (TPSA) is 74.6 Å². The summed E-state index contributed by atoms with van der Waals surface area (Å²) in [5, 5.41) is 19.8. The maximum atomic E-state index is 12.1. The molecule has 0 saturated carbocycles. The summed E-state index contributed by atoms with van der Waals surface area (Å²) in [5.74, 6) is -2.32. The zero-order valence-electron chi connectivity index (χ0n) is 19.0. The maximum Gasteiger partial charge on any atom is 0.321 e. The Balaban J connectivity index is 4.57. The van der Waals surface area contributed by atoms with Gasteiger partial charge in [0, 0.05) is 0 Å². The first-order valence-corrected chi connectivity index (χ1v) is 11.8. The molecular weight excluding hydrogens is 352 g/mol. The minimum atomic E-state index is -1.66. The number of hydrogen-bond acceptors (Lipinski definition) is 2. The summed E-state index contributed by atoms with van der Waals surface area (Å²) in [5.41, 5.74) is -2.33. The first-order chi connectivity index (χ1) is 13.4. The number of rotatable bonds is 19. The van der Waals surface area contributed by atoms with Gasteiger partial charge in [0.15, 0.2) is 5.41 Å². The highest BCUT2D eigenvalue weighted by Gasteiger charge is 2.59. The lowest BCUT2D eigenvalue weighted by Crippen LogP contribution is -2.53. The van der Waals surface area contributed by atoms with Crippen LogP contribution < -0.4 is 0 Å². The lowest BCUT2D eigenvalue weighted by Gasteiger charge is -2.45. The molecule has 0 aliphatic carbocycles. The average molecular weight is 399 g/mol. The molecule has 0 atom stereocenters. The summed E-state index contributed by atoms with van der Waals surface area (Å²) < 4.78 is 0. The van der Waals surface area contributed by atoms with Gasteiger partial charge in [0.1, 0.15) is 0 Å². The van der Waals surface area contributed by atoms with Crippen LogP contribution in [-0.2, 0) is 9.59 Å². The largest absolute Gasteiger partial charge is 0.480 e. The van der Waals surface area contributed by atoms with Gasteiger partial charge in [0.05, 0.1) is 0 Å². The van der Waals surface area contributed by atoms with Crippen LogP contribution in [0.15, 0.2) is 0 Å². The van der Waals surface area contributed by atoms with E-state index in [1.165, 1.54) is 57.8 Å². The molecule has 0 fully saturated rings. The van der Waals surface area contributed by atoms with E-state index in [0.717, 1.165) is 12.8 Å². The Morgan fingerprint density at radius 2 is 0.964 bits per heavy atom. The Morgan fingerprint density at radius 1 is 0.571 bits per heavy atom. The van der Waals surface area contributed by atoms with Gasteiger partial charge >= 0.3 is 11.9 Å². The van der Waals surface area contributed by atoms with Crippen molar-refractivity contribution in [1.82, 2.24) is 0 Å². The van der Waals surface area contributed by atoms with E-state index in [2.05, 4.69) is 6.92 Å². The smallest absolute Gasteiger partial charge is 0.321 e. The highest BCUT2D eigenvalue weighted by molar-refractivity contribution is 5.99. The quantitative estimate of drug-likeness (QED) is 0.175. The molecular formula is C24H46O4. The third-order valence-corrected chi connectivity index (χ3v) is 6.87. The normalized spacial score (nSPS) is 12.3. The van der Waals surface area contributed by atoms with Crippen LogP contribution in [0.4, 0.5) is 0 Å². The Bertz CT molecular complexity index is 412. The first kappa shape index (κ1) is 26.9. The molecule has 0 heterocycles. The van der Waals surface area contributed by atoms with Crippen LogP contribution in [0.3, 0.4) is 0 Å². The van der Waals surface area contributed by atoms with Gasteiger partial charge in [-0.3, -0.25) is 9.59 Å². The van der Waals surface area contributed by atoms with Gasteiger partial charge in [-0.1, -0.05) is 105 Å². The van der Waals surface area contributed by atoms with Crippen molar-refractivity contribution in [3.05, 3.63) is 0 Å². The minimum Gasteiger partial charge on any atom is -0.480 e. The van der Waals surface area contributed by atoms with Crippen LogP contribution in [0.1, 0.15) is 130 Å². The van der Waals surface area contributed by atoms with Crippen LogP contribution in [0, 0.1) is 10.8 Å². The molecule has 0 aromatic heterocycles. The molecule has 0 radical (unpaired) electrons. The van der Waals surface area contributed by atoms with Crippen molar-refractivity contribution in [2.45, 2.75) is 130 Å². The molecule has 0 aromatic carbocycles. The predicted molar refractivity (Wildman–Crippen MR) is 117 cm³/mol. The Morgan fingerprint density at radius 3 is 1.29 bits per heavy atom. The second-order valence-electron chi connectivity index (χ2n) is 8.54. The highest BCUT2D eigenvalue weighted by atomic mass is 16.4. The SMILES string of the molecule is CCCCCCCCCCCCCC(CC)(CC)C(CCC)(C(=O)O)C(=O)O. The third-order valence-electron chi connectivity index (χ3n) is 6.87. The molecule has 2 N–H and O–H groups in total. The predicted octanol–water partition coefficient (Wildman–Crippen LogP) is 7.45. The number of hydrogen-bond donors (Lipinski definition) is 2. The lowest BCUT2D eigenvalue weighted by atomic mass is 9.56. The minimum absolute atomic E-state index is 0.206. The van der Waals surface area contributed by atoms with E-state index >= 15 is 0 Å². The number of aliphatic carboxylic acids is 2. The fourth-order valence-electron chi connectivity index (χ4n) is 4.95. The molecule has 0 aromatic rings. The van der Waals surface area contributed by atoms with Crippen molar-refractivity contribution >= 4 is 11.9 Å². The molecule has 4 heteroatoms. The zero-order chi connectivity index (χ0) is 21.5. The molecule has 0 aliphatic rings. The molecule has 0 aliphatic heterocycles. The molecule has 28 heavy (non-hydrogen) atoms. The van der Waals surface area contributed by atoms with E-state index in [0.29, 0.717) is 25.7 Å². The van der Waals surface area contributed by atoms with Gasteiger partial charge in [-0.05, 0) is 31.1 Å². The van der Waals surface area contributed by atoms with Gasteiger partial charge in [-0.25, -0.2) is 0 Å². The van der Waals surface area contributed by atoms with Gasteiger partial charge in [0.2, 0.25) is 0 Å².